The van der Waals surface area contributed by atoms with Gasteiger partial charge in [-0.25, -0.2) is 0 Å². The van der Waals surface area contributed by atoms with Gasteiger partial charge in [0, 0.05) is 25.9 Å². The van der Waals surface area contributed by atoms with Crippen LogP contribution in [0.4, 0.5) is 0 Å². The van der Waals surface area contributed by atoms with Crippen molar-refractivity contribution in [2.45, 2.75) is 57.5 Å². The highest BCUT2D eigenvalue weighted by Crippen LogP contribution is 1.98. The minimum atomic E-state index is -0.448. The van der Waals surface area contributed by atoms with E-state index in [9.17, 15) is 14.4 Å². The molecule has 158 valence electrons. The van der Waals surface area contributed by atoms with Gasteiger partial charge in [-0.3, -0.25) is 14.4 Å². The smallest absolute Gasteiger partial charge is 0.237 e. The lowest BCUT2D eigenvalue weighted by Crippen LogP contribution is -2.43. The predicted octanol–water partition coefficient (Wildman–Crippen LogP) is -0.414. The number of unbranched alkanes of at least 4 members (excludes halogenated alkanes) is 2. The van der Waals surface area contributed by atoms with E-state index >= 15 is 0 Å². The number of Topliss-reactive ketones (excluding diaryl/α,β-unsaturated/α-hetero) is 2. The van der Waals surface area contributed by atoms with Crippen LogP contribution < -0.4 is 26.6 Å². The summed E-state index contributed by atoms with van der Waals surface area (Å²) in [6, 6.07) is -0.524. The van der Waals surface area contributed by atoms with E-state index < -0.39 is 6.04 Å². The second-order valence-corrected chi connectivity index (χ2v) is 6.80. The van der Waals surface area contributed by atoms with Gasteiger partial charge in [-0.1, -0.05) is 6.42 Å². The Kier molecular flexibility index (Phi) is 16.0. The summed E-state index contributed by atoms with van der Waals surface area (Å²) in [4.78, 5) is 35.1. The molecule has 0 aliphatic carbocycles. The molecule has 0 saturated carbocycles. The fourth-order valence-corrected chi connectivity index (χ4v) is 2.77. The Morgan fingerprint density at radius 3 is 2.07 bits per heavy atom. The molecular weight excluding hydrogens is 346 g/mol. The predicted molar refractivity (Wildman–Crippen MR) is 109 cm³/mol. The fourth-order valence-electron chi connectivity index (χ4n) is 2.77. The summed E-state index contributed by atoms with van der Waals surface area (Å²) in [7, 11) is 5.39. The lowest BCUT2D eigenvalue weighted by Gasteiger charge is -2.15. The number of hydrogen-bond donors (Lipinski definition) is 5. The first-order chi connectivity index (χ1) is 13.0. The second-order valence-electron chi connectivity index (χ2n) is 6.80. The summed E-state index contributed by atoms with van der Waals surface area (Å²) >= 11 is 0. The van der Waals surface area contributed by atoms with Crippen molar-refractivity contribution in [3.8, 4) is 0 Å². The highest BCUT2D eigenvalue weighted by molar-refractivity contribution is 5.88. The maximum atomic E-state index is 12.1. The molecule has 0 aromatic rings. The first kappa shape index (κ1) is 25.6. The van der Waals surface area contributed by atoms with Gasteiger partial charge < -0.3 is 26.6 Å². The highest BCUT2D eigenvalue weighted by atomic mass is 16.2. The van der Waals surface area contributed by atoms with Crippen LogP contribution in [-0.2, 0) is 14.4 Å². The molecule has 8 heteroatoms. The number of hydrogen-bond acceptors (Lipinski definition) is 7. The topological polar surface area (TPSA) is 111 Å². The van der Waals surface area contributed by atoms with Gasteiger partial charge in [0.25, 0.3) is 0 Å². The van der Waals surface area contributed by atoms with Crippen LogP contribution in [0.25, 0.3) is 0 Å². The van der Waals surface area contributed by atoms with Gasteiger partial charge in [-0.05, 0) is 60.4 Å². The van der Waals surface area contributed by atoms with Crippen LogP contribution in [0.15, 0.2) is 0 Å². The van der Waals surface area contributed by atoms with Gasteiger partial charge in [0.2, 0.25) is 5.91 Å². The van der Waals surface area contributed by atoms with Crippen LogP contribution in [0.2, 0.25) is 0 Å². The zero-order valence-corrected chi connectivity index (χ0v) is 17.5. The molecule has 0 spiro atoms. The van der Waals surface area contributed by atoms with Crippen LogP contribution in [0.5, 0.6) is 0 Å². The zero-order chi connectivity index (χ0) is 20.5. The van der Waals surface area contributed by atoms with E-state index in [1.54, 1.807) is 7.05 Å². The lowest BCUT2D eigenvalue weighted by molar-refractivity contribution is -0.126. The van der Waals surface area contributed by atoms with E-state index in [0.29, 0.717) is 19.5 Å². The van der Waals surface area contributed by atoms with E-state index in [4.69, 9.17) is 0 Å². The van der Waals surface area contributed by atoms with Crippen molar-refractivity contribution in [3.05, 3.63) is 0 Å². The van der Waals surface area contributed by atoms with Crippen LogP contribution in [0.3, 0.4) is 0 Å². The van der Waals surface area contributed by atoms with Gasteiger partial charge >= 0.3 is 0 Å². The summed E-state index contributed by atoms with van der Waals surface area (Å²) in [6.45, 7) is 4.49. The molecule has 1 amide bonds. The Balaban J connectivity index is 3.65. The molecule has 8 nitrogen and oxygen atoms in total. The van der Waals surface area contributed by atoms with Gasteiger partial charge in [0.05, 0.1) is 12.1 Å². The van der Waals surface area contributed by atoms with Crippen LogP contribution in [0, 0.1) is 0 Å². The molecule has 0 fully saturated rings. The molecule has 27 heavy (non-hydrogen) atoms. The number of rotatable bonds is 18. The standard InChI is InChI=1S/C19H39N5O3/c1-15(25)14-17(22-4)19(27)24-11-7-5-6-10-23-13-9-18(26)16(21-3)8-12-20-2/h16-17,20-23H,5-14H2,1-4H3,(H,24,27). The average molecular weight is 386 g/mol. The monoisotopic (exact) mass is 385 g/mol. The summed E-state index contributed by atoms with van der Waals surface area (Å²) in [5, 5.41) is 15.2. The Morgan fingerprint density at radius 1 is 0.815 bits per heavy atom. The van der Waals surface area contributed by atoms with E-state index in [-0.39, 0.29) is 29.9 Å². The molecule has 5 N–H and O–H groups in total. The first-order valence-corrected chi connectivity index (χ1v) is 9.95. The zero-order valence-electron chi connectivity index (χ0n) is 17.5. The molecule has 0 rings (SSSR count). The van der Waals surface area contributed by atoms with Gasteiger partial charge in [-0.2, -0.15) is 0 Å². The number of nitrogens with one attached hydrogen (secondary N) is 5. The molecule has 2 atom stereocenters. The van der Waals surface area contributed by atoms with Crippen molar-refractivity contribution in [2.75, 3.05) is 47.3 Å². The van der Waals surface area contributed by atoms with Crippen molar-refractivity contribution in [1.82, 2.24) is 26.6 Å². The molecule has 0 radical (unpaired) electrons. The summed E-state index contributed by atoms with van der Waals surface area (Å²) in [5.74, 6) is 0.117. The molecule has 0 aliphatic rings. The SMILES string of the molecule is CNCCC(NC)C(=O)CCNCCCCCNC(=O)C(CC(C)=O)NC. The third-order valence-corrected chi connectivity index (χ3v) is 4.45. The Bertz CT molecular complexity index is 432. The summed E-state index contributed by atoms with van der Waals surface area (Å²) < 4.78 is 0. The largest absolute Gasteiger partial charge is 0.355 e. The molecule has 0 aromatic heterocycles. The lowest BCUT2D eigenvalue weighted by atomic mass is 10.1. The quantitative estimate of drug-likeness (QED) is 0.204. The minimum absolute atomic E-state index is 0.00266. The van der Waals surface area contributed by atoms with Gasteiger partial charge in [0.1, 0.15) is 5.78 Å². The van der Waals surface area contributed by atoms with E-state index in [1.807, 2.05) is 14.1 Å². The van der Waals surface area contributed by atoms with Crippen molar-refractivity contribution in [1.29, 1.82) is 0 Å². The number of likely N-dealkylation sites (N-methyl/N-ethyl adjacent to an activating group) is 2. The minimum Gasteiger partial charge on any atom is -0.355 e. The van der Waals surface area contributed by atoms with Gasteiger partial charge in [0.15, 0.2) is 5.78 Å². The molecular formula is C19H39N5O3. The summed E-state index contributed by atoms with van der Waals surface area (Å²) in [5.41, 5.74) is 0. The van der Waals surface area contributed by atoms with Crippen LogP contribution >= 0.6 is 0 Å². The number of amides is 1. The maximum absolute atomic E-state index is 12.1. The summed E-state index contributed by atoms with van der Waals surface area (Å²) in [6.07, 6.45) is 4.45. The molecule has 0 aliphatic heterocycles. The normalized spacial score (nSPS) is 13.2. The van der Waals surface area contributed by atoms with Crippen molar-refractivity contribution < 1.29 is 14.4 Å². The molecule has 0 heterocycles. The molecule has 0 aromatic carbocycles. The Labute approximate surface area is 164 Å². The van der Waals surface area contributed by atoms with Crippen molar-refractivity contribution >= 4 is 17.5 Å². The van der Waals surface area contributed by atoms with Crippen LogP contribution in [0.1, 0.15) is 45.4 Å². The molecule has 0 bridgehead atoms. The third-order valence-electron chi connectivity index (χ3n) is 4.45. The molecule has 2 unspecified atom stereocenters. The molecule has 0 saturated heterocycles. The van der Waals surface area contributed by atoms with Gasteiger partial charge in [-0.15, -0.1) is 0 Å². The fraction of sp³-hybridized carbons (Fsp3) is 0.842. The first-order valence-electron chi connectivity index (χ1n) is 9.95. The maximum Gasteiger partial charge on any atom is 0.237 e. The number of carbonyl (C=O) groups excluding carboxylic acids is 3. The average Bonchev–Trinajstić information content (AvgIpc) is 2.64. The van der Waals surface area contributed by atoms with E-state index in [1.165, 1.54) is 6.92 Å². The highest BCUT2D eigenvalue weighted by Gasteiger charge is 2.17. The van der Waals surface area contributed by atoms with Crippen LogP contribution in [-0.4, -0.2) is 76.9 Å². The number of carbonyl (C=O) groups is 3. The van der Waals surface area contributed by atoms with Crippen molar-refractivity contribution in [2.24, 2.45) is 0 Å². The van der Waals surface area contributed by atoms with E-state index in [0.717, 1.165) is 38.8 Å². The second kappa shape index (κ2) is 16.8. The Morgan fingerprint density at radius 2 is 1.48 bits per heavy atom. The third kappa shape index (κ3) is 13.5. The Hall–Kier alpha value is -1.35. The van der Waals surface area contributed by atoms with E-state index in [2.05, 4.69) is 26.6 Å². The van der Waals surface area contributed by atoms with Crippen molar-refractivity contribution in [3.63, 3.8) is 0 Å². The number of ketones is 2.